The Balaban J connectivity index is 2.58. The van der Waals surface area contributed by atoms with Crippen molar-refractivity contribution in [3.05, 3.63) is 64.7 Å². The lowest BCUT2D eigenvalue weighted by atomic mass is 9.95. The molecule has 0 aliphatic rings. The smallest absolute Gasteiger partial charge is 0.408 e. The first-order valence-corrected chi connectivity index (χ1v) is 13.5. The first kappa shape index (κ1) is 31.4. The summed E-state index contributed by atoms with van der Waals surface area (Å²) in [6, 6.07) is 13.1. The Morgan fingerprint density at radius 3 is 2.10 bits per heavy atom. The molecule has 3 atom stereocenters. The van der Waals surface area contributed by atoms with Gasteiger partial charge in [-0.15, -0.1) is 0 Å². The van der Waals surface area contributed by atoms with Gasteiger partial charge in [0.2, 0.25) is 5.91 Å². The maximum Gasteiger partial charge on any atom is 0.408 e. The molecule has 210 valence electrons. The lowest BCUT2D eigenvalue weighted by Crippen LogP contribution is -2.54. The van der Waals surface area contributed by atoms with Crippen molar-refractivity contribution in [1.82, 2.24) is 10.2 Å². The van der Waals surface area contributed by atoms with Crippen molar-refractivity contribution in [2.24, 2.45) is 5.92 Å². The summed E-state index contributed by atoms with van der Waals surface area (Å²) < 4.78 is 5.41. The molecule has 2 rings (SSSR count). The predicted molar refractivity (Wildman–Crippen MR) is 153 cm³/mol. The van der Waals surface area contributed by atoms with Gasteiger partial charge in [0.15, 0.2) is 0 Å². The zero-order valence-electron chi connectivity index (χ0n) is 24.4. The van der Waals surface area contributed by atoms with Gasteiger partial charge in [0, 0.05) is 5.69 Å². The van der Waals surface area contributed by atoms with E-state index in [1.54, 1.807) is 20.8 Å². The number of carbonyl (C=O) groups is 3. The van der Waals surface area contributed by atoms with E-state index in [-0.39, 0.29) is 12.5 Å². The molecule has 2 aromatic rings. The molecule has 3 unspecified atom stereocenters. The molecule has 0 aliphatic heterocycles. The number of benzene rings is 2. The summed E-state index contributed by atoms with van der Waals surface area (Å²) >= 11 is 0. The highest BCUT2D eigenvalue weighted by atomic mass is 16.6. The van der Waals surface area contributed by atoms with Gasteiger partial charge in [0.1, 0.15) is 24.2 Å². The maximum atomic E-state index is 14.1. The van der Waals surface area contributed by atoms with E-state index in [1.807, 2.05) is 83.2 Å². The third kappa shape index (κ3) is 8.57. The number of hydrogen-bond donors (Lipinski definition) is 2. The Labute approximate surface area is 232 Å². The molecular formula is C31H42N4O4. The minimum absolute atomic E-state index is 0.281. The van der Waals surface area contributed by atoms with E-state index in [0.717, 1.165) is 23.1 Å². The van der Waals surface area contributed by atoms with Crippen LogP contribution in [-0.2, 0) is 20.7 Å². The molecular weight excluding hydrogens is 492 g/mol. The van der Waals surface area contributed by atoms with Gasteiger partial charge in [-0.3, -0.25) is 9.59 Å². The zero-order valence-corrected chi connectivity index (χ0v) is 24.4. The number of ether oxygens (including phenoxy) is 1. The van der Waals surface area contributed by atoms with Gasteiger partial charge in [-0.1, -0.05) is 69.7 Å². The fourth-order valence-electron chi connectivity index (χ4n) is 4.28. The van der Waals surface area contributed by atoms with Crippen LogP contribution in [0.5, 0.6) is 0 Å². The van der Waals surface area contributed by atoms with Crippen LogP contribution in [0, 0.1) is 31.1 Å². The second kappa shape index (κ2) is 13.8. The summed E-state index contributed by atoms with van der Waals surface area (Å²) in [5, 5.41) is 15.4. The van der Waals surface area contributed by atoms with E-state index in [1.165, 1.54) is 4.90 Å². The first-order valence-electron chi connectivity index (χ1n) is 13.5. The summed E-state index contributed by atoms with van der Waals surface area (Å²) in [5.74, 6) is -1.26. The van der Waals surface area contributed by atoms with E-state index in [9.17, 15) is 19.6 Å². The number of amides is 3. The molecule has 2 N–H and O–H groups in total. The maximum absolute atomic E-state index is 14.1. The molecule has 0 aromatic heterocycles. The third-order valence-electron chi connectivity index (χ3n) is 6.67. The quantitative estimate of drug-likeness (QED) is 0.372. The predicted octanol–water partition coefficient (Wildman–Crippen LogP) is 5.84. The van der Waals surface area contributed by atoms with Crippen LogP contribution in [-0.4, -0.2) is 41.0 Å². The van der Waals surface area contributed by atoms with Crippen molar-refractivity contribution >= 4 is 23.6 Å². The highest BCUT2D eigenvalue weighted by molar-refractivity contribution is 6.00. The molecule has 8 heteroatoms. The Hall–Kier alpha value is -3.86. The van der Waals surface area contributed by atoms with Crippen LogP contribution in [0.3, 0.4) is 0 Å². The summed E-state index contributed by atoms with van der Waals surface area (Å²) in [6.45, 7) is 14.4. The fraction of sp³-hybridized carbons (Fsp3) is 0.484. The molecule has 0 saturated carbocycles. The third-order valence-corrected chi connectivity index (χ3v) is 6.67. The van der Waals surface area contributed by atoms with Crippen LogP contribution in [0.25, 0.3) is 0 Å². The largest absolute Gasteiger partial charge is 0.444 e. The summed E-state index contributed by atoms with van der Waals surface area (Å²) in [5.41, 5.74) is 3.31. The highest BCUT2D eigenvalue weighted by Crippen LogP contribution is 2.28. The summed E-state index contributed by atoms with van der Waals surface area (Å²) in [4.78, 5) is 42.0. The summed E-state index contributed by atoms with van der Waals surface area (Å²) in [6.07, 6.45) is 0.662. The Kier molecular flexibility index (Phi) is 11.1. The van der Waals surface area contributed by atoms with Crippen molar-refractivity contribution in [3.63, 3.8) is 0 Å². The van der Waals surface area contributed by atoms with Crippen molar-refractivity contribution in [2.45, 2.75) is 85.9 Å². The number of hydrogen-bond acceptors (Lipinski definition) is 5. The van der Waals surface area contributed by atoms with Gasteiger partial charge >= 0.3 is 6.09 Å². The molecule has 0 bridgehead atoms. The second-order valence-corrected chi connectivity index (χ2v) is 10.9. The SMILES string of the molecule is CCc1ccc(C(C(=O)Nc2c(C)cccc2C)N(CC#N)C(=O)C(NC(=O)OC(C)(C)C)C(C)CC)cc1. The van der Waals surface area contributed by atoms with Gasteiger partial charge < -0.3 is 20.3 Å². The minimum Gasteiger partial charge on any atom is -0.444 e. The molecule has 0 spiro atoms. The van der Waals surface area contributed by atoms with Gasteiger partial charge in [0.05, 0.1) is 6.07 Å². The van der Waals surface area contributed by atoms with Crippen molar-refractivity contribution < 1.29 is 19.1 Å². The normalized spacial score (nSPS) is 13.4. The van der Waals surface area contributed by atoms with Gasteiger partial charge in [-0.25, -0.2) is 4.79 Å². The fourth-order valence-corrected chi connectivity index (χ4v) is 4.28. The number of nitrogens with zero attached hydrogens (tertiary/aromatic N) is 2. The van der Waals surface area contributed by atoms with E-state index >= 15 is 0 Å². The van der Waals surface area contributed by atoms with Gasteiger partial charge in [-0.05, 0) is 69.2 Å². The lowest BCUT2D eigenvalue weighted by Gasteiger charge is -2.35. The number of alkyl carbamates (subject to hydrolysis) is 1. The van der Waals surface area contributed by atoms with Gasteiger partial charge in [-0.2, -0.15) is 5.26 Å². The molecule has 8 nitrogen and oxygen atoms in total. The monoisotopic (exact) mass is 534 g/mol. The number of nitriles is 1. The molecule has 0 saturated heterocycles. The van der Waals surface area contributed by atoms with Crippen LogP contribution < -0.4 is 10.6 Å². The van der Waals surface area contributed by atoms with E-state index in [2.05, 4.69) is 10.6 Å². The molecule has 2 aromatic carbocycles. The van der Waals surface area contributed by atoms with E-state index in [0.29, 0.717) is 17.7 Å². The molecule has 39 heavy (non-hydrogen) atoms. The van der Waals surface area contributed by atoms with Gasteiger partial charge in [0.25, 0.3) is 5.91 Å². The van der Waals surface area contributed by atoms with E-state index < -0.39 is 35.6 Å². The minimum atomic E-state index is -1.10. The molecule has 0 heterocycles. The number of rotatable bonds is 10. The van der Waals surface area contributed by atoms with Crippen LogP contribution >= 0.6 is 0 Å². The van der Waals surface area contributed by atoms with Crippen LogP contribution in [0.15, 0.2) is 42.5 Å². The number of anilines is 1. The summed E-state index contributed by atoms with van der Waals surface area (Å²) in [7, 11) is 0. The van der Waals surface area contributed by atoms with Crippen molar-refractivity contribution in [3.8, 4) is 6.07 Å². The lowest BCUT2D eigenvalue weighted by molar-refractivity contribution is -0.141. The molecule has 0 radical (unpaired) electrons. The Bertz CT molecular complexity index is 1170. The zero-order chi connectivity index (χ0) is 29.3. The van der Waals surface area contributed by atoms with Crippen molar-refractivity contribution in [1.29, 1.82) is 5.26 Å². The Morgan fingerprint density at radius 1 is 1.03 bits per heavy atom. The Morgan fingerprint density at radius 2 is 1.62 bits per heavy atom. The number of aryl methyl sites for hydroxylation is 3. The second-order valence-electron chi connectivity index (χ2n) is 10.9. The average Bonchev–Trinajstić information content (AvgIpc) is 2.87. The molecule has 0 fully saturated rings. The standard InChI is InChI=1S/C31H42N4O4/c1-9-20(3)26(34-30(38)39-31(6,7)8)29(37)35(19-18-32)27(24-16-14-23(10-2)15-17-24)28(36)33-25-21(4)12-11-13-22(25)5/h11-17,20,26-27H,9-10,19H2,1-8H3,(H,33,36)(H,34,38). The molecule has 0 aliphatic carbocycles. The van der Waals surface area contributed by atoms with Crippen LogP contribution in [0.1, 0.15) is 76.3 Å². The van der Waals surface area contributed by atoms with Crippen LogP contribution in [0.2, 0.25) is 0 Å². The first-order chi connectivity index (χ1) is 18.3. The molecule has 3 amide bonds. The number of nitrogens with one attached hydrogen (secondary N) is 2. The highest BCUT2D eigenvalue weighted by Gasteiger charge is 2.38. The van der Waals surface area contributed by atoms with E-state index in [4.69, 9.17) is 4.74 Å². The van der Waals surface area contributed by atoms with Crippen LogP contribution in [0.4, 0.5) is 10.5 Å². The number of carbonyl (C=O) groups excluding carboxylic acids is 3. The topological polar surface area (TPSA) is 112 Å². The average molecular weight is 535 g/mol. The van der Waals surface area contributed by atoms with Crippen molar-refractivity contribution in [2.75, 3.05) is 11.9 Å². The number of para-hydroxylation sites is 1.